The van der Waals surface area contributed by atoms with Crippen molar-refractivity contribution in [3.05, 3.63) is 33.0 Å². The van der Waals surface area contributed by atoms with Gasteiger partial charge in [0.2, 0.25) is 0 Å². The zero-order valence-corrected chi connectivity index (χ0v) is 11.9. The summed E-state index contributed by atoms with van der Waals surface area (Å²) < 4.78 is 4.05. The molecule has 2 aromatic rings. The maximum absolute atomic E-state index is 6.26. The Kier molecular flexibility index (Phi) is 3.61. The van der Waals surface area contributed by atoms with E-state index in [9.17, 15) is 0 Å². The molecule has 0 radical (unpaired) electrons. The lowest BCUT2D eigenvalue weighted by atomic mass is 9.89. The Morgan fingerprint density at radius 1 is 1.41 bits per heavy atom. The predicted molar refractivity (Wildman–Crippen MR) is 73.6 cm³/mol. The number of nitrogens with two attached hydrogens (primary N) is 1. The van der Waals surface area contributed by atoms with E-state index in [0.717, 1.165) is 17.0 Å². The van der Waals surface area contributed by atoms with Crippen molar-refractivity contribution >= 4 is 22.9 Å². The van der Waals surface area contributed by atoms with Gasteiger partial charge in [0.25, 0.3) is 0 Å². The molecule has 1 unspecified atom stereocenters. The van der Waals surface area contributed by atoms with Gasteiger partial charge in [-0.15, -0.1) is 5.10 Å². The van der Waals surface area contributed by atoms with Crippen LogP contribution in [0.3, 0.4) is 0 Å². The van der Waals surface area contributed by atoms with E-state index in [2.05, 4.69) is 47.2 Å². The van der Waals surface area contributed by atoms with Gasteiger partial charge in [-0.3, -0.25) is 0 Å². The van der Waals surface area contributed by atoms with Gasteiger partial charge in [0.05, 0.1) is 10.6 Å². The average Bonchev–Trinajstić information content (AvgIpc) is 2.85. The van der Waals surface area contributed by atoms with Crippen LogP contribution in [0, 0.1) is 0 Å². The number of hydrogen-bond acceptors (Lipinski definition) is 5. The highest BCUT2D eigenvalue weighted by Gasteiger charge is 2.25. The van der Waals surface area contributed by atoms with Crippen molar-refractivity contribution in [2.24, 2.45) is 5.73 Å². The molecule has 17 heavy (non-hydrogen) atoms. The van der Waals surface area contributed by atoms with Gasteiger partial charge < -0.3 is 5.73 Å². The summed E-state index contributed by atoms with van der Waals surface area (Å²) in [5.74, 6) is 0. The van der Waals surface area contributed by atoms with Crippen LogP contribution in [0.1, 0.15) is 42.9 Å². The molecule has 0 amide bonds. The first-order valence-corrected chi connectivity index (χ1v) is 7.29. The fourth-order valence-corrected chi connectivity index (χ4v) is 3.26. The van der Waals surface area contributed by atoms with Gasteiger partial charge in [-0.2, -0.15) is 11.3 Å². The second-order valence-electron chi connectivity index (χ2n) is 5.18. The summed E-state index contributed by atoms with van der Waals surface area (Å²) in [6, 6.07) is 2.12. The molecule has 2 N–H and O–H groups in total. The first-order valence-electron chi connectivity index (χ1n) is 5.58. The standard InChI is InChI=1S/C12H17N3S2/c1-12(2,3)11-10(17-15-14-11)9(13)6-8-4-5-16-7-8/h4-5,7,9H,6,13H2,1-3H3. The van der Waals surface area contributed by atoms with Crippen LogP contribution < -0.4 is 5.73 Å². The van der Waals surface area contributed by atoms with Gasteiger partial charge in [0.15, 0.2) is 0 Å². The molecule has 0 spiro atoms. The normalized spacial score (nSPS) is 13.9. The van der Waals surface area contributed by atoms with Crippen LogP contribution in [0.15, 0.2) is 16.8 Å². The lowest BCUT2D eigenvalue weighted by Crippen LogP contribution is -2.20. The molecule has 0 saturated heterocycles. The highest BCUT2D eigenvalue weighted by Crippen LogP contribution is 2.30. The third-order valence-electron chi connectivity index (χ3n) is 2.60. The minimum atomic E-state index is -0.00109. The summed E-state index contributed by atoms with van der Waals surface area (Å²) in [4.78, 5) is 1.11. The molecule has 0 aliphatic heterocycles. The SMILES string of the molecule is CC(C)(C)c1nnsc1C(N)Cc1ccsc1. The van der Waals surface area contributed by atoms with Crippen molar-refractivity contribution in [2.45, 2.75) is 38.6 Å². The minimum absolute atomic E-state index is 0.00109. The Bertz CT molecular complexity index is 468. The molecule has 0 bridgehead atoms. The van der Waals surface area contributed by atoms with Crippen LogP contribution in [-0.4, -0.2) is 9.59 Å². The van der Waals surface area contributed by atoms with Crippen molar-refractivity contribution in [1.82, 2.24) is 9.59 Å². The lowest BCUT2D eigenvalue weighted by Gasteiger charge is -2.19. The molecule has 2 aromatic heterocycles. The van der Waals surface area contributed by atoms with Gasteiger partial charge in [-0.1, -0.05) is 25.3 Å². The third-order valence-corrected chi connectivity index (χ3v) is 4.18. The Morgan fingerprint density at radius 2 is 2.18 bits per heavy atom. The monoisotopic (exact) mass is 267 g/mol. The second-order valence-corrected chi connectivity index (χ2v) is 6.74. The van der Waals surface area contributed by atoms with Crippen molar-refractivity contribution in [2.75, 3.05) is 0 Å². The van der Waals surface area contributed by atoms with Crippen LogP contribution in [0.4, 0.5) is 0 Å². The Morgan fingerprint density at radius 3 is 2.76 bits per heavy atom. The number of hydrogen-bond donors (Lipinski definition) is 1. The van der Waals surface area contributed by atoms with E-state index in [1.807, 2.05) is 0 Å². The van der Waals surface area contributed by atoms with Gasteiger partial charge >= 0.3 is 0 Å². The zero-order chi connectivity index (χ0) is 12.5. The average molecular weight is 267 g/mol. The van der Waals surface area contributed by atoms with E-state index >= 15 is 0 Å². The molecule has 2 rings (SSSR count). The van der Waals surface area contributed by atoms with Crippen molar-refractivity contribution in [3.63, 3.8) is 0 Å². The third kappa shape index (κ3) is 2.91. The number of rotatable bonds is 3. The molecule has 92 valence electrons. The molecule has 0 aliphatic carbocycles. The predicted octanol–water partition coefficient (Wildman–Crippen LogP) is 3.14. The fraction of sp³-hybridized carbons (Fsp3) is 0.500. The smallest absolute Gasteiger partial charge is 0.0857 e. The topological polar surface area (TPSA) is 51.8 Å². The second kappa shape index (κ2) is 4.84. The highest BCUT2D eigenvalue weighted by atomic mass is 32.1. The quantitative estimate of drug-likeness (QED) is 0.929. The Labute approximate surface area is 110 Å². The molecular formula is C12H17N3S2. The molecule has 1 atom stereocenters. The number of nitrogens with zero attached hydrogens (tertiary/aromatic N) is 2. The van der Waals surface area contributed by atoms with E-state index in [1.54, 1.807) is 11.3 Å². The van der Waals surface area contributed by atoms with E-state index in [4.69, 9.17) is 5.73 Å². The Hall–Kier alpha value is -0.780. The summed E-state index contributed by atoms with van der Waals surface area (Å²) >= 11 is 3.13. The summed E-state index contributed by atoms with van der Waals surface area (Å²) in [5.41, 5.74) is 8.59. The van der Waals surface area contributed by atoms with Gasteiger partial charge in [-0.25, -0.2) is 0 Å². The molecule has 0 saturated carbocycles. The van der Waals surface area contributed by atoms with Crippen LogP contribution in [0.2, 0.25) is 0 Å². The van der Waals surface area contributed by atoms with Crippen molar-refractivity contribution in [3.8, 4) is 0 Å². The minimum Gasteiger partial charge on any atom is -0.323 e. The maximum Gasteiger partial charge on any atom is 0.0857 e. The largest absolute Gasteiger partial charge is 0.323 e. The van der Waals surface area contributed by atoms with Gasteiger partial charge in [0.1, 0.15) is 0 Å². The molecule has 5 heteroatoms. The molecule has 0 fully saturated rings. The lowest BCUT2D eigenvalue weighted by molar-refractivity contribution is 0.550. The van der Waals surface area contributed by atoms with Crippen LogP contribution in [-0.2, 0) is 11.8 Å². The maximum atomic E-state index is 6.26. The Balaban J connectivity index is 2.20. The summed E-state index contributed by atoms with van der Waals surface area (Å²) in [6.45, 7) is 6.43. The summed E-state index contributed by atoms with van der Waals surface area (Å²) in [7, 11) is 0. The molecule has 0 aromatic carbocycles. The molecule has 2 heterocycles. The van der Waals surface area contributed by atoms with Crippen molar-refractivity contribution < 1.29 is 0 Å². The first kappa shape index (κ1) is 12.7. The number of thiophene rings is 1. The van der Waals surface area contributed by atoms with E-state index in [0.29, 0.717) is 0 Å². The number of aromatic nitrogens is 2. The summed E-state index contributed by atoms with van der Waals surface area (Å²) in [6.07, 6.45) is 0.858. The molecular weight excluding hydrogens is 250 g/mol. The fourth-order valence-electron chi connectivity index (χ4n) is 1.72. The van der Waals surface area contributed by atoms with E-state index in [-0.39, 0.29) is 11.5 Å². The molecule has 0 aliphatic rings. The van der Waals surface area contributed by atoms with Crippen molar-refractivity contribution in [1.29, 1.82) is 0 Å². The summed E-state index contributed by atoms with van der Waals surface area (Å²) in [5, 5.41) is 8.45. The van der Waals surface area contributed by atoms with Crippen LogP contribution in [0.25, 0.3) is 0 Å². The van der Waals surface area contributed by atoms with Gasteiger partial charge in [-0.05, 0) is 40.3 Å². The zero-order valence-electron chi connectivity index (χ0n) is 10.3. The van der Waals surface area contributed by atoms with Crippen LogP contribution in [0.5, 0.6) is 0 Å². The van der Waals surface area contributed by atoms with E-state index < -0.39 is 0 Å². The molecule has 3 nitrogen and oxygen atoms in total. The van der Waals surface area contributed by atoms with E-state index in [1.165, 1.54) is 17.1 Å². The van der Waals surface area contributed by atoms with Gasteiger partial charge in [0, 0.05) is 11.5 Å². The first-order chi connectivity index (χ1) is 7.98. The highest BCUT2D eigenvalue weighted by molar-refractivity contribution is 7.08. The van der Waals surface area contributed by atoms with Crippen LogP contribution >= 0.6 is 22.9 Å².